The van der Waals surface area contributed by atoms with Crippen molar-refractivity contribution < 1.29 is 26.5 Å². The highest BCUT2D eigenvalue weighted by Crippen LogP contribution is 2.49. The van der Waals surface area contributed by atoms with Crippen LogP contribution in [0.4, 0.5) is 24.5 Å². The molecule has 2 aromatic rings. The Hall–Kier alpha value is -2.66. The molecule has 1 saturated carbocycles. The first-order chi connectivity index (χ1) is 12.9. The SMILES string of the molecule is NS(=O)(=O)c1cc(NCC2(c3cccc(C(F)(F)F)c3)CC2)cc([N+](=O)[O-])c1. The first-order valence-electron chi connectivity index (χ1n) is 8.15. The summed E-state index contributed by atoms with van der Waals surface area (Å²) < 4.78 is 62.0. The fourth-order valence-electron chi connectivity index (χ4n) is 2.97. The number of anilines is 1. The Bertz CT molecular complexity index is 1030. The summed E-state index contributed by atoms with van der Waals surface area (Å²) in [5.41, 5.74) is -1.10. The van der Waals surface area contributed by atoms with Gasteiger partial charge in [-0.1, -0.05) is 18.2 Å². The fourth-order valence-corrected chi connectivity index (χ4v) is 3.55. The minimum atomic E-state index is -4.45. The molecule has 0 bridgehead atoms. The standard InChI is InChI=1S/C17H16F3N3O4S/c18-17(19,20)12-3-1-2-11(6-12)16(4-5-16)10-22-13-7-14(23(24)25)9-15(8-13)28(21,26)27/h1-3,6-9,22H,4-5,10H2,(H2,21,26,27). The molecule has 0 amide bonds. The lowest BCUT2D eigenvalue weighted by molar-refractivity contribution is -0.385. The van der Waals surface area contributed by atoms with Crippen LogP contribution in [-0.2, 0) is 21.6 Å². The molecule has 0 unspecified atom stereocenters. The number of non-ortho nitro benzene ring substituents is 1. The number of nitro benzene ring substituents is 1. The number of nitrogens with two attached hydrogens (primary N) is 1. The third-order valence-corrected chi connectivity index (χ3v) is 5.61. The minimum Gasteiger partial charge on any atom is -0.384 e. The van der Waals surface area contributed by atoms with Crippen LogP contribution < -0.4 is 10.5 Å². The van der Waals surface area contributed by atoms with Crippen LogP contribution in [0.3, 0.4) is 0 Å². The van der Waals surface area contributed by atoms with E-state index < -0.39 is 42.7 Å². The zero-order valence-electron chi connectivity index (χ0n) is 14.4. The van der Waals surface area contributed by atoms with Gasteiger partial charge in [0, 0.05) is 29.8 Å². The lowest BCUT2D eigenvalue weighted by atomic mass is 9.94. The number of sulfonamides is 1. The molecular weight excluding hydrogens is 399 g/mol. The van der Waals surface area contributed by atoms with E-state index in [-0.39, 0.29) is 12.2 Å². The van der Waals surface area contributed by atoms with E-state index in [0.717, 1.165) is 30.3 Å². The van der Waals surface area contributed by atoms with Gasteiger partial charge >= 0.3 is 6.18 Å². The molecule has 1 fully saturated rings. The highest BCUT2D eigenvalue weighted by Gasteiger charge is 2.45. The third-order valence-electron chi connectivity index (χ3n) is 4.72. The Morgan fingerprint density at radius 2 is 1.86 bits per heavy atom. The van der Waals surface area contributed by atoms with Crippen molar-refractivity contribution >= 4 is 21.4 Å². The Balaban J connectivity index is 1.86. The number of primary sulfonamides is 1. The second kappa shape index (κ2) is 6.74. The number of nitrogens with zero attached hydrogens (tertiary/aromatic N) is 1. The van der Waals surface area contributed by atoms with E-state index in [1.807, 2.05) is 0 Å². The minimum absolute atomic E-state index is 0.150. The predicted octanol–water partition coefficient (Wildman–Crippen LogP) is 3.40. The van der Waals surface area contributed by atoms with Gasteiger partial charge in [-0.15, -0.1) is 0 Å². The summed E-state index contributed by atoms with van der Waals surface area (Å²) in [5.74, 6) is 0. The summed E-state index contributed by atoms with van der Waals surface area (Å²) in [6.45, 7) is 0.194. The van der Waals surface area contributed by atoms with Gasteiger partial charge in [0.25, 0.3) is 5.69 Å². The predicted molar refractivity (Wildman–Crippen MR) is 95.3 cm³/mol. The summed E-state index contributed by atoms with van der Waals surface area (Å²) in [6, 6.07) is 8.18. The van der Waals surface area contributed by atoms with Crippen LogP contribution in [0.15, 0.2) is 47.4 Å². The monoisotopic (exact) mass is 415 g/mol. The van der Waals surface area contributed by atoms with Gasteiger partial charge in [-0.3, -0.25) is 10.1 Å². The molecule has 0 aromatic heterocycles. The number of nitro groups is 1. The molecule has 0 atom stereocenters. The summed E-state index contributed by atoms with van der Waals surface area (Å²) >= 11 is 0. The van der Waals surface area contributed by atoms with E-state index in [2.05, 4.69) is 5.32 Å². The van der Waals surface area contributed by atoms with Crippen LogP contribution in [0.25, 0.3) is 0 Å². The van der Waals surface area contributed by atoms with Gasteiger partial charge in [0.15, 0.2) is 0 Å². The normalized spacial score (nSPS) is 15.9. The molecule has 11 heteroatoms. The van der Waals surface area contributed by atoms with Crippen LogP contribution >= 0.6 is 0 Å². The van der Waals surface area contributed by atoms with Crippen LogP contribution in [0.1, 0.15) is 24.0 Å². The molecule has 7 nitrogen and oxygen atoms in total. The van der Waals surface area contributed by atoms with E-state index in [1.54, 1.807) is 6.07 Å². The van der Waals surface area contributed by atoms with Gasteiger partial charge in [0.2, 0.25) is 10.0 Å². The maximum absolute atomic E-state index is 13.0. The summed E-state index contributed by atoms with van der Waals surface area (Å²) in [5, 5.41) is 19.0. The van der Waals surface area contributed by atoms with Crippen LogP contribution in [0.2, 0.25) is 0 Å². The molecule has 3 N–H and O–H groups in total. The number of hydrogen-bond donors (Lipinski definition) is 2. The molecule has 2 aromatic carbocycles. The quantitative estimate of drug-likeness (QED) is 0.554. The molecule has 28 heavy (non-hydrogen) atoms. The van der Waals surface area contributed by atoms with Crippen LogP contribution in [0, 0.1) is 10.1 Å². The number of benzene rings is 2. The van der Waals surface area contributed by atoms with Crippen molar-refractivity contribution in [3.8, 4) is 0 Å². The maximum atomic E-state index is 13.0. The molecule has 1 aliphatic carbocycles. The Kier molecular flexibility index (Phi) is 4.84. The van der Waals surface area contributed by atoms with Crippen LogP contribution in [-0.4, -0.2) is 19.9 Å². The Morgan fingerprint density at radius 3 is 2.39 bits per heavy atom. The molecule has 0 heterocycles. The van der Waals surface area contributed by atoms with E-state index in [0.29, 0.717) is 18.4 Å². The van der Waals surface area contributed by atoms with E-state index in [4.69, 9.17) is 5.14 Å². The number of alkyl halides is 3. The molecular formula is C17H16F3N3O4S. The van der Waals surface area contributed by atoms with Gasteiger partial charge < -0.3 is 5.32 Å². The van der Waals surface area contributed by atoms with Crippen LogP contribution in [0.5, 0.6) is 0 Å². The van der Waals surface area contributed by atoms with Crippen molar-refractivity contribution in [2.45, 2.75) is 29.3 Å². The molecule has 150 valence electrons. The largest absolute Gasteiger partial charge is 0.416 e. The lowest BCUT2D eigenvalue weighted by Crippen LogP contribution is -2.21. The van der Waals surface area contributed by atoms with Gasteiger partial charge in [-0.05, 0) is 30.5 Å². The molecule has 0 saturated heterocycles. The first-order valence-corrected chi connectivity index (χ1v) is 9.69. The lowest BCUT2D eigenvalue weighted by Gasteiger charge is -2.19. The van der Waals surface area contributed by atoms with Gasteiger partial charge in [-0.2, -0.15) is 13.2 Å². The fraction of sp³-hybridized carbons (Fsp3) is 0.294. The average molecular weight is 415 g/mol. The van der Waals surface area contributed by atoms with Crippen molar-refractivity contribution in [1.29, 1.82) is 0 Å². The third kappa shape index (κ3) is 4.25. The summed E-state index contributed by atoms with van der Waals surface area (Å²) in [4.78, 5) is 9.86. The smallest absolute Gasteiger partial charge is 0.384 e. The molecule has 1 aliphatic rings. The van der Waals surface area contributed by atoms with Gasteiger partial charge in [0.1, 0.15) is 0 Å². The Labute approximate surface area is 158 Å². The number of hydrogen-bond acceptors (Lipinski definition) is 5. The molecule has 3 rings (SSSR count). The van der Waals surface area contributed by atoms with Crippen molar-refractivity contribution in [2.24, 2.45) is 5.14 Å². The second-order valence-corrected chi connectivity index (χ2v) is 8.29. The average Bonchev–Trinajstić information content (AvgIpc) is 3.39. The summed E-state index contributed by atoms with van der Waals surface area (Å²) in [7, 11) is -4.16. The molecule has 0 aliphatic heterocycles. The van der Waals surface area contributed by atoms with E-state index >= 15 is 0 Å². The van der Waals surface area contributed by atoms with Gasteiger partial charge in [-0.25, -0.2) is 13.6 Å². The van der Waals surface area contributed by atoms with Crippen molar-refractivity contribution in [3.63, 3.8) is 0 Å². The first kappa shape index (κ1) is 20.1. The zero-order chi connectivity index (χ0) is 20.7. The van der Waals surface area contributed by atoms with E-state index in [9.17, 15) is 31.7 Å². The topological polar surface area (TPSA) is 115 Å². The molecule has 0 radical (unpaired) electrons. The van der Waals surface area contributed by atoms with Crippen molar-refractivity contribution in [1.82, 2.24) is 0 Å². The number of nitrogens with one attached hydrogen (secondary N) is 1. The summed E-state index contributed by atoms with van der Waals surface area (Å²) in [6.07, 6.45) is -3.18. The number of rotatable bonds is 6. The Morgan fingerprint density at radius 1 is 1.18 bits per heavy atom. The highest BCUT2D eigenvalue weighted by molar-refractivity contribution is 7.89. The molecule has 0 spiro atoms. The second-order valence-electron chi connectivity index (χ2n) is 6.73. The highest BCUT2D eigenvalue weighted by atomic mass is 32.2. The van der Waals surface area contributed by atoms with E-state index in [1.165, 1.54) is 6.07 Å². The number of halogens is 3. The van der Waals surface area contributed by atoms with Gasteiger partial charge in [0.05, 0.1) is 15.4 Å². The van der Waals surface area contributed by atoms with Crippen molar-refractivity contribution in [3.05, 3.63) is 63.7 Å². The zero-order valence-corrected chi connectivity index (χ0v) is 15.2. The maximum Gasteiger partial charge on any atom is 0.416 e. The van der Waals surface area contributed by atoms with Crippen molar-refractivity contribution in [2.75, 3.05) is 11.9 Å².